The largest absolute Gasteiger partial charge is 0.501 e. The Morgan fingerprint density at radius 3 is 2.63 bits per heavy atom. The summed E-state index contributed by atoms with van der Waals surface area (Å²) < 4.78 is 20.2. The van der Waals surface area contributed by atoms with Crippen molar-refractivity contribution < 1.29 is 13.9 Å². The Balaban J connectivity index is 1.77. The molecule has 0 saturated carbocycles. The van der Waals surface area contributed by atoms with Crippen LogP contribution in [0.5, 0.6) is 5.75 Å². The fourth-order valence-corrected chi connectivity index (χ4v) is 3.09. The Labute approximate surface area is 153 Å². The summed E-state index contributed by atoms with van der Waals surface area (Å²) in [7, 11) is 1.64. The molecular formula is C20H16FN3O3. The molecule has 0 amide bonds. The molecule has 4 aromatic rings. The predicted molar refractivity (Wildman–Crippen MR) is 98.0 cm³/mol. The average Bonchev–Trinajstić information content (AvgIpc) is 3.09. The number of halogens is 1. The summed E-state index contributed by atoms with van der Waals surface area (Å²) >= 11 is 0. The number of benzene rings is 2. The van der Waals surface area contributed by atoms with Gasteiger partial charge in [0.05, 0.1) is 5.39 Å². The van der Waals surface area contributed by atoms with Crippen molar-refractivity contribution in [3.63, 3.8) is 0 Å². The minimum Gasteiger partial charge on any atom is -0.501 e. The molecule has 0 aliphatic carbocycles. The fourth-order valence-electron chi connectivity index (χ4n) is 3.09. The highest BCUT2D eigenvalue weighted by Gasteiger charge is 2.20. The molecule has 6 nitrogen and oxygen atoms in total. The van der Waals surface area contributed by atoms with Crippen molar-refractivity contribution in [2.45, 2.75) is 12.8 Å². The second-order valence-corrected chi connectivity index (χ2v) is 6.23. The fraction of sp³-hybridized carbons (Fsp3) is 0.150. The van der Waals surface area contributed by atoms with Crippen molar-refractivity contribution >= 4 is 11.0 Å². The summed E-state index contributed by atoms with van der Waals surface area (Å²) in [5.41, 5.74) is 1.57. The number of aromatic hydroxyl groups is 1. The summed E-state index contributed by atoms with van der Waals surface area (Å²) in [5, 5.41) is 14.7. The van der Waals surface area contributed by atoms with Gasteiger partial charge in [-0.3, -0.25) is 4.79 Å². The first-order valence-electron chi connectivity index (χ1n) is 8.41. The van der Waals surface area contributed by atoms with Crippen LogP contribution in [0.3, 0.4) is 0 Å². The van der Waals surface area contributed by atoms with Crippen LogP contribution in [-0.2, 0) is 19.9 Å². The molecule has 4 rings (SSSR count). The maximum Gasteiger partial charge on any atom is 0.235 e. The summed E-state index contributed by atoms with van der Waals surface area (Å²) in [5.74, 6) is -0.523. The lowest BCUT2D eigenvalue weighted by molar-refractivity contribution is 0.446. The topological polar surface area (TPSA) is 81.2 Å². The van der Waals surface area contributed by atoms with Gasteiger partial charge in [0.25, 0.3) is 0 Å². The highest BCUT2D eigenvalue weighted by Crippen LogP contribution is 2.29. The minimum atomic E-state index is -0.510. The summed E-state index contributed by atoms with van der Waals surface area (Å²) in [6.45, 7) is 0. The van der Waals surface area contributed by atoms with E-state index < -0.39 is 11.2 Å². The predicted octanol–water partition coefficient (Wildman–Crippen LogP) is 3.22. The maximum atomic E-state index is 13.0. The SMILES string of the molecule is Cn1ncnc1-c1oc2cccc(CCc3ccc(F)cc3)c2c(=O)c1O. The van der Waals surface area contributed by atoms with E-state index in [9.17, 15) is 14.3 Å². The lowest BCUT2D eigenvalue weighted by atomic mass is 10.0. The van der Waals surface area contributed by atoms with Gasteiger partial charge in [0.2, 0.25) is 16.9 Å². The van der Waals surface area contributed by atoms with E-state index in [4.69, 9.17) is 4.42 Å². The van der Waals surface area contributed by atoms with E-state index in [-0.39, 0.29) is 17.4 Å². The molecular weight excluding hydrogens is 349 g/mol. The molecule has 2 heterocycles. The van der Waals surface area contributed by atoms with Crippen LogP contribution in [-0.4, -0.2) is 19.9 Å². The number of rotatable bonds is 4. The van der Waals surface area contributed by atoms with Gasteiger partial charge in [0.1, 0.15) is 17.7 Å². The molecule has 0 radical (unpaired) electrons. The first kappa shape index (κ1) is 17.0. The lowest BCUT2D eigenvalue weighted by Gasteiger charge is -2.09. The Hall–Kier alpha value is -3.48. The third-order valence-corrected chi connectivity index (χ3v) is 4.49. The van der Waals surface area contributed by atoms with E-state index in [1.54, 1.807) is 31.3 Å². The van der Waals surface area contributed by atoms with E-state index >= 15 is 0 Å². The molecule has 2 aromatic heterocycles. The number of nitrogens with zero attached hydrogens (tertiary/aromatic N) is 3. The molecule has 136 valence electrons. The van der Waals surface area contributed by atoms with Crippen LogP contribution in [0.15, 0.2) is 58.0 Å². The zero-order valence-electron chi connectivity index (χ0n) is 14.5. The van der Waals surface area contributed by atoms with Gasteiger partial charge in [-0.1, -0.05) is 24.3 Å². The standard InChI is InChI=1S/C20H16FN3O3/c1-24-20(22-11-23-24)19-18(26)17(25)16-13(3-2-4-15(16)27-19)8-5-12-6-9-14(21)10-7-12/h2-4,6-7,9-11,26H,5,8H2,1H3. The molecule has 0 saturated heterocycles. The van der Waals surface area contributed by atoms with Crippen LogP contribution in [0.4, 0.5) is 4.39 Å². The molecule has 0 unspecified atom stereocenters. The number of aromatic nitrogens is 3. The van der Waals surface area contributed by atoms with Crippen LogP contribution < -0.4 is 5.43 Å². The van der Waals surface area contributed by atoms with Gasteiger partial charge in [0.15, 0.2) is 5.82 Å². The van der Waals surface area contributed by atoms with Gasteiger partial charge >= 0.3 is 0 Å². The van der Waals surface area contributed by atoms with Gasteiger partial charge in [-0.05, 0) is 42.2 Å². The van der Waals surface area contributed by atoms with Crippen molar-refractivity contribution in [3.05, 3.63) is 76.0 Å². The quantitative estimate of drug-likeness (QED) is 0.601. The van der Waals surface area contributed by atoms with Crippen LogP contribution in [0.25, 0.3) is 22.6 Å². The minimum absolute atomic E-state index is 0.0109. The van der Waals surface area contributed by atoms with E-state index in [1.165, 1.54) is 23.1 Å². The zero-order valence-corrected chi connectivity index (χ0v) is 14.5. The molecule has 2 aromatic carbocycles. The average molecular weight is 365 g/mol. The van der Waals surface area contributed by atoms with Gasteiger partial charge in [-0.2, -0.15) is 5.10 Å². The summed E-state index contributed by atoms with van der Waals surface area (Å²) in [4.78, 5) is 16.8. The third kappa shape index (κ3) is 3.08. The van der Waals surface area contributed by atoms with Crippen molar-refractivity contribution in [3.8, 4) is 17.3 Å². The van der Waals surface area contributed by atoms with Gasteiger partial charge in [0, 0.05) is 7.05 Å². The van der Waals surface area contributed by atoms with Gasteiger partial charge in [-0.15, -0.1) is 0 Å². The maximum absolute atomic E-state index is 13.0. The molecule has 0 atom stereocenters. The van der Waals surface area contributed by atoms with Crippen molar-refractivity contribution in [2.24, 2.45) is 7.05 Å². The second kappa shape index (κ2) is 6.68. The highest BCUT2D eigenvalue weighted by molar-refractivity contribution is 5.84. The Bertz CT molecular complexity index is 1180. The number of fused-ring (bicyclic) bond motifs is 1. The normalized spacial score (nSPS) is 11.2. The summed E-state index contributed by atoms with van der Waals surface area (Å²) in [6.07, 6.45) is 2.50. The van der Waals surface area contributed by atoms with Crippen LogP contribution in [0, 0.1) is 5.82 Å². The molecule has 27 heavy (non-hydrogen) atoms. The molecule has 1 N–H and O–H groups in total. The Morgan fingerprint density at radius 1 is 1.15 bits per heavy atom. The van der Waals surface area contributed by atoms with Crippen LogP contribution in [0.1, 0.15) is 11.1 Å². The molecule has 0 aliphatic rings. The monoisotopic (exact) mass is 365 g/mol. The summed E-state index contributed by atoms with van der Waals surface area (Å²) in [6, 6.07) is 11.5. The molecule has 0 bridgehead atoms. The van der Waals surface area contributed by atoms with Crippen LogP contribution in [0.2, 0.25) is 0 Å². The number of aryl methyl sites for hydroxylation is 3. The Kier molecular flexibility index (Phi) is 4.19. The molecule has 0 aliphatic heterocycles. The van der Waals surface area contributed by atoms with E-state index in [1.807, 2.05) is 6.07 Å². The molecule has 0 fully saturated rings. The lowest BCUT2D eigenvalue weighted by Crippen LogP contribution is -2.08. The number of hydrogen-bond acceptors (Lipinski definition) is 5. The van der Waals surface area contributed by atoms with E-state index in [0.29, 0.717) is 23.8 Å². The second-order valence-electron chi connectivity index (χ2n) is 6.23. The highest BCUT2D eigenvalue weighted by atomic mass is 19.1. The van der Waals surface area contributed by atoms with Gasteiger partial charge < -0.3 is 9.52 Å². The molecule has 7 heteroatoms. The zero-order chi connectivity index (χ0) is 19.0. The Morgan fingerprint density at radius 2 is 1.93 bits per heavy atom. The first-order chi connectivity index (χ1) is 13.0. The first-order valence-corrected chi connectivity index (χ1v) is 8.41. The number of hydrogen-bond donors (Lipinski definition) is 1. The van der Waals surface area contributed by atoms with Crippen LogP contribution >= 0.6 is 0 Å². The van der Waals surface area contributed by atoms with E-state index in [2.05, 4.69) is 10.1 Å². The smallest absolute Gasteiger partial charge is 0.235 e. The van der Waals surface area contributed by atoms with E-state index in [0.717, 1.165) is 11.1 Å². The molecule has 0 spiro atoms. The van der Waals surface area contributed by atoms with Crippen molar-refractivity contribution in [1.29, 1.82) is 0 Å². The van der Waals surface area contributed by atoms with Gasteiger partial charge in [-0.25, -0.2) is 14.1 Å². The van der Waals surface area contributed by atoms with Crippen molar-refractivity contribution in [1.82, 2.24) is 14.8 Å². The third-order valence-electron chi connectivity index (χ3n) is 4.49. The van der Waals surface area contributed by atoms with Crippen molar-refractivity contribution in [2.75, 3.05) is 0 Å².